The van der Waals surface area contributed by atoms with Crippen LogP contribution in [0.15, 0.2) is 53.8 Å². The van der Waals surface area contributed by atoms with Gasteiger partial charge in [-0.15, -0.1) is 0 Å². The first-order valence-electron chi connectivity index (χ1n) is 11.3. The highest BCUT2D eigenvalue weighted by atomic mass is 35.5. The summed E-state index contributed by atoms with van der Waals surface area (Å²) in [6, 6.07) is 7.25. The van der Waals surface area contributed by atoms with Crippen LogP contribution in [0.5, 0.6) is 0 Å². The van der Waals surface area contributed by atoms with Crippen LogP contribution in [0.25, 0.3) is 22.4 Å². The summed E-state index contributed by atoms with van der Waals surface area (Å²) in [5.41, 5.74) is 0.721. The van der Waals surface area contributed by atoms with Gasteiger partial charge in [0.15, 0.2) is 23.1 Å². The van der Waals surface area contributed by atoms with E-state index in [1.54, 1.807) is 12.1 Å². The largest absolute Gasteiger partial charge is 0.481 e. The number of carboxylic acid groups (broad SMARTS) is 1. The minimum absolute atomic E-state index is 0.0128. The van der Waals surface area contributed by atoms with Crippen LogP contribution in [0, 0.1) is 18.2 Å². The Kier molecular flexibility index (Phi) is 6.95. The van der Waals surface area contributed by atoms with Crippen molar-refractivity contribution in [1.29, 1.82) is 0 Å². The number of hydrogen-bond donors (Lipinski definition) is 2. The van der Waals surface area contributed by atoms with Gasteiger partial charge in [-0.1, -0.05) is 50.1 Å². The van der Waals surface area contributed by atoms with Gasteiger partial charge in [0.1, 0.15) is 0 Å². The molecule has 194 valence electrons. The Morgan fingerprint density at radius 3 is 2.49 bits per heavy atom. The lowest BCUT2D eigenvalue weighted by Crippen LogP contribution is -2.36. The summed E-state index contributed by atoms with van der Waals surface area (Å²) in [6.07, 6.45) is 3.32. The third kappa shape index (κ3) is 5.42. The number of carboxylic acids is 1. The molecule has 0 saturated carbocycles. The van der Waals surface area contributed by atoms with Crippen molar-refractivity contribution in [2.24, 2.45) is 5.41 Å². The van der Waals surface area contributed by atoms with Crippen molar-refractivity contribution in [3.05, 3.63) is 65.3 Å². The van der Waals surface area contributed by atoms with E-state index < -0.39 is 33.3 Å². The first kappa shape index (κ1) is 26.5. The molecule has 3 heterocycles. The van der Waals surface area contributed by atoms with Gasteiger partial charge in [0.2, 0.25) is 0 Å². The van der Waals surface area contributed by atoms with Gasteiger partial charge in [0.25, 0.3) is 10.0 Å². The minimum Gasteiger partial charge on any atom is -0.481 e. The molecule has 0 unspecified atom stereocenters. The van der Waals surface area contributed by atoms with Gasteiger partial charge in [-0.3, -0.25) is 4.79 Å². The number of anilines is 1. The molecule has 1 aromatic carbocycles. The number of pyridine rings is 1. The van der Waals surface area contributed by atoms with Crippen molar-refractivity contribution < 1.29 is 22.7 Å². The Hall–Kier alpha value is -3.57. The fourth-order valence-corrected chi connectivity index (χ4v) is 5.23. The predicted molar refractivity (Wildman–Crippen MR) is 139 cm³/mol. The van der Waals surface area contributed by atoms with Crippen LogP contribution in [-0.4, -0.2) is 44.5 Å². The lowest BCUT2D eigenvalue weighted by molar-refractivity contribution is -0.137. The van der Waals surface area contributed by atoms with Crippen molar-refractivity contribution in [3.8, 4) is 11.4 Å². The van der Waals surface area contributed by atoms with Crippen molar-refractivity contribution in [2.75, 3.05) is 5.32 Å². The summed E-state index contributed by atoms with van der Waals surface area (Å²) in [5.74, 6) is -2.02. The number of halogens is 2. The Morgan fingerprint density at radius 1 is 1.19 bits per heavy atom. The molecule has 4 rings (SSSR count). The molecule has 12 heteroatoms. The van der Waals surface area contributed by atoms with Gasteiger partial charge in [0.05, 0.1) is 22.5 Å². The summed E-state index contributed by atoms with van der Waals surface area (Å²) in [4.78, 5) is 24.0. The molecule has 0 aliphatic rings. The van der Waals surface area contributed by atoms with E-state index in [9.17, 15) is 22.7 Å². The molecule has 0 amide bonds. The number of nitrogens with zero attached hydrogens (tertiary/aromatic N) is 4. The highest BCUT2D eigenvalue weighted by Gasteiger charge is 2.29. The number of carbonyl (C=O) groups is 1. The van der Waals surface area contributed by atoms with E-state index in [1.807, 2.05) is 27.7 Å². The van der Waals surface area contributed by atoms with E-state index >= 15 is 0 Å². The topological polar surface area (TPSA) is 127 Å². The summed E-state index contributed by atoms with van der Waals surface area (Å²) in [7, 11) is -4.05. The zero-order valence-electron chi connectivity index (χ0n) is 20.5. The summed E-state index contributed by atoms with van der Waals surface area (Å²) in [5, 5.41) is 12.8. The number of fused-ring (bicyclic) bond motifs is 1. The van der Waals surface area contributed by atoms with Crippen molar-refractivity contribution >= 4 is 44.4 Å². The molecule has 0 aliphatic heterocycles. The number of benzene rings is 1. The molecule has 1 atom stereocenters. The quantitative estimate of drug-likeness (QED) is 0.327. The predicted octanol–water partition coefficient (Wildman–Crippen LogP) is 5.13. The molecular formula is C25H25ClFN5O4S. The number of aliphatic carboxylic acids is 1. The highest BCUT2D eigenvalue weighted by Crippen LogP contribution is 2.33. The molecule has 0 radical (unpaired) electrons. The molecule has 0 aliphatic carbocycles. The molecule has 0 spiro atoms. The molecule has 0 fully saturated rings. The van der Waals surface area contributed by atoms with Gasteiger partial charge < -0.3 is 10.4 Å². The zero-order valence-corrected chi connectivity index (χ0v) is 22.1. The Morgan fingerprint density at radius 2 is 1.86 bits per heavy atom. The normalized spacial score (nSPS) is 13.0. The Bertz CT molecular complexity index is 1600. The molecule has 0 bridgehead atoms. The van der Waals surface area contributed by atoms with Crippen molar-refractivity contribution in [2.45, 2.75) is 45.1 Å². The second-order valence-corrected chi connectivity index (χ2v) is 12.0. The lowest BCUT2D eigenvalue weighted by atomic mass is 9.85. The molecular weight excluding hydrogens is 521 g/mol. The monoisotopic (exact) mass is 545 g/mol. The third-order valence-electron chi connectivity index (χ3n) is 5.88. The van der Waals surface area contributed by atoms with Crippen LogP contribution in [-0.2, 0) is 14.8 Å². The van der Waals surface area contributed by atoms with Crippen LogP contribution < -0.4 is 5.32 Å². The standard InChI is InChI=1S/C25H25ClFN5O4S/c1-14-5-7-16(8-6-14)37(35,36)32-13-18(17-9-15(26)11-29-24(17)32)22-28-12-19(27)23(31-22)30-20(10-21(33)34)25(2,3)4/h5-9,11-13,20H,10H2,1-4H3,(H,33,34)(H,28,30,31)/t20-/m1/s1. The van der Waals surface area contributed by atoms with Gasteiger partial charge in [-0.05, 0) is 30.5 Å². The SMILES string of the molecule is Cc1ccc(S(=O)(=O)n2cc(-c3ncc(F)c(N[C@H](CC(=O)O)C(C)(C)C)n3)c3cc(Cl)cnc32)cc1. The first-order valence-corrected chi connectivity index (χ1v) is 13.1. The van der Waals surface area contributed by atoms with Gasteiger partial charge in [-0.2, -0.15) is 0 Å². The Balaban J connectivity index is 1.86. The third-order valence-corrected chi connectivity index (χ3v) is 7.75. The second kappa shape index (κ2) is 9.71. The van der Waals surface area contributed by atoms with Crippen LogP contribution in [0.2, 0.25) is 5.02 Å². The van der Waals surface area contributed by atoms with Crippen LogP contribution in [0.3, 0.4) is 0 Å². The highest BCUT2D eigenvalue weighted by molar-refractivity contribution is 7.90. The molecule has 37 heavy (non-hydrogen) atoms. The molecule has 2 N–H and O–H groups in total. The summed E-state index contributed by atoms with van der Waals surface area (Å²) in [6.45, 7) is 7.32. The molecule has 3 aromatic heterocycles. The van der Waals surface area contributed by atoms with E-state index in [0.717, 1.165) is 15.7 Å². The molecule has 4 aromatic rings. The zero-order chi connectivity index (χ0) is 27.1. The molecule has 0 saturated heterocycles. The van der Waals surface area contributed by atoms with E-state index in [4.69, 9.17) is 11.6 Å². The van der Waals surface area contributed by atoms with Crippen LogP contribution >= 0.6 is 11.6 Å². The van der Waals surface area contributed by atoms with Crippen molar-refractivity contribution in [3.63, 3.8) is 0 Å². The number of nitrogens with one attached hydrogen (secondary N) is 1. The fourth-order valence-electron chi connectivity index (χ4n) is 3.75. The second-order valence-electron chi connectivity index (χ2n) is 9.73. The summed E-state index contributed by atoms with van der Waals surface area (Å²) >= 11 is 6.17. The van der Waals surface area contributed by atoms with E-state index in [-0.39, 0.29) is 39.2 Å². The summed E-state index contributed by atoms with van der Waals surface area (Å²) < 4.78 is 42.7. The number of aryl methyl sites for hydroxylation is 1. The average Bonchev–Trinajstić information content (AvgIpc) is 3.19. The molecule has 9 nitrogen and oxygen atoms in total. The first-order chi connectivity index (χ1) is 17.3. The maximum absolute atomic E-state index is 14.7. The fraction of sp³-hybridized carbons (Fsp3) is 0.280. The Labute approximate surface area is 218 Å². The maximum Gasteiger partial charge on any atom is 0.305 e. The smallest absolute Gasteiger partial charge is 0.305 e. The van der Waals surface area contributed by atoms with Gasteiger partial charge in [-0.25, -0.2) is 31.7 Å². The van der Waals surface area contributed by atoms with Gasteiger partial charge in [0, 0.05) is 29.4 Å². The van der Waals surface area contributed by atoms with Gasteiger partial charge >= 0.3 is 5.97 Å². The number of aromatic nitrogens is 4. The van der Waals surface area contributed by atoms with Crippen molar-refractivity contribution in [1.82, 2.24) is 18.9 Å². The number of hydrogen-bond acceptors (Lipinski definition) is 7. The maximum atomic E-state index is 14.7. The average molecular weight is 546 g/mol. The van der Waals surface area contributed by atoms with E-state index in [2.05, 4.69) is 20.3 Å². The van der Waals surface area contributed by atoms with E-state index in [0.29, 0.717) is 5.39 Å². The number of rotatable bonds is 7. The van der Waals surface area contributed by atoms with Crippen LogP contribution in [0.4, 0.5) is 10.2 Å². The minimum atomic E-state index is -4.05. The van der Waals surface area contributed by atoms with Crippen LogP contribution in [0.1, 0.15) is 32.8 Å². The lowest BCUT2D eigenvalue weighted by Gasteiger charge is -2.30. The van der Waals surface area contributed by atoms with E-state index in [1.165, 1.54) is 30.6 Å².